The van der Waals surface area contributed by atoms with Crippen molar-refractivity contribution < 1.29 is 18.6 Å². The lowest BCUT2D eigenvalue weighted by Gasteiger charge is -2.39. The summed E-state index contributed by atoms with van der Waals surface area (Å²) in [7, 11) is 0.138. The average molecular weight is 376 g/mol. The van der Waals surface area contributed by atoms with Crippen molar-refractivity contribution in [3.05, 3.63) is 59.7 Å². The van der Waals surface area contributed by atoms with Gasteiger partial charge in [0.15, 0.2) is 0 Å². The fourth-order valence-electron chi connectivity index (χ4n) is 3.40. The molecule has 6 nitrogen and oxygen atoms in total. The largest absolute Gasteiger partial charge is 0.395 e. The van der Waals surface area contributed by atoms with Crippen LogP contribution in [0.1, 0.15) is 17.2 Å². The highest BCUT2D eigenvalue weighted by molar-refractivity contribution is 7.89. The van der Waals surface area contributed by atoms with E-state index in [0.29, 0.717) is 12.0 Å². The molecule has 1 heterocycles. The Hall–Kier alpha value is -1.93. The van der Waals surface area contributed by atoms with Crippen LogP contribution in [0.25, 0.3) is 0 Å². The van der Waals surface area contributed by atoms with E-state index in [-0.39, 0.29) is 18.0 Å². The lowest BCUT2D eigenvalue weighted by atomic mass is 9.95. The van der Waals surface area contributed by atoms with Gasteiger partial charge in [-0.25, -0.2) is 8.42 Å². The van der Waals surface area contributed by atoms with E-state index < -0.39 is 22.2 Å². The number of benzene rings is 2. The van der Waals surface area contributed by atoms with E-state index in [1.807, 2.05) is 43.3 Å². The second-order valence-corrected chi connectivity index (χ2v) is 8.51. The van der Waals surface area contributed by atoms with Gasteiger partial charge in [-0.3, -0.25) is 0 Å². The number of rotatable bonds is 5. The van der Waals surface area contributed by atoms with Crippen LogP contribution in [0.5, 0.6) is 0 Å². The third-order valence-corrected chi connectivity index (χ3v) is 6.78. The van der Waals surface area contributed by atoms with Crippen LogP contribution >= 0.6 is 0 Å². The van der Waals surface area contributed by atoms with Crippen LogP contribution in [0.15, 0.2) is 53.4 Å². The summed E-state index contributed by atoms with van der Waals surface area (Å²) in [6, 6.07) is 13.7. The minimum Gasteiger partial charge on any atom is -0.395 e. The lowest BCUT2D eigenvalue weighted by Crippen LogP contribution is -2.50. The zero-order valence-electron chi connectivity index (χ0n) is 14.9. The molecule has 1 aliphatic heterocycles. The molecule has 26 heavy (non-hydrogen) atoms. The Morgan fingerprint density at radius 2 is 1.73 bits per heavy atom. The van der Waals surface area contributed by atoms with Crippen LogP contribution in [0, 0.1) is 0 Å². The first-order chi connectivity index (χ1) is 12.4. The van der Waals surface area contributed by atoms with E-state index in [1.165, 1.54) is 10.4 Å². The summed E-state index contributed by atoms with van der Waals surface area (Å²) in [5.74, 6) is 0. The third kappa shape index (κ3) is 3.35. The fourth-order valence-corrected chi connectivity index (χ4v) is 5.26. The Bertz CT molecular complexity index is 865. The highest BCUT2D eigenvalue weighted by atomic mass is 32.2. The molecule has 1 aliphatic rings. The molecule has 0 aliphatic carbocycles. The number of aliphatic hydroxyl groups excluding tert-OH is 2. The number of fused-ring (bicyclic) bond motifs is 1. The molecule has 2 aromatic rings. The summed E-state index contributed by atoms with van der Waals surface area (Å²) in [4.78, 5) is 2.10. The van der Waals surface area contributed by atoms with Gasteiger partial charge in [0.2, 0.25) is 10.0 Å². The highest BCUT2D eigenvalue weighted by Crippen LogP contribution is 2.37. The molecule has 0 fully saturated rings. The first-order valence-electron chi connectivity index (χ1n) is 8.52. The molecule has 0 spiro atoms. The van der Waals surface area contributed by atoms with Gasteiger partial charge >= 0.3 is 0 Å². The van der Waals surface area contributed by atoms with Crippen molar-refractivity contribution in [2.75, 3.05) is 32.1 Å². The number of sulfonamides is 1. The van der Waals surface area contributed by atoms with Crippen molar-refractivity contribution in [2.45, 2.75) is 23.5 Å². The normalized spacial score (nSPS) is 22.0. The number of anilines is 1. The maximum absolute atomic E-state index is 13.0. The van der Waals surface area contributed by atoms with E-state index in [2.05, 4.69) is 0 Å². The molecule has 2 aromatic carbocycles. The molecular weight excluding hydrogens is 352 g/mol. The predicted octanol–water partition coefficient (Wildman–Crippen LogP) is 1.39. The standard InChI is InChI=1S/C19H24N2O4S/c1-20(2)15-9-7-14(8-10-15)13-17-19(23)16-5-3-4-6-18(16)26(24,25)21(17)11-12-22/h3-10,17,19,22-23H,11-13H2,1-2H3/t17-,19-/m1/s1. The summed E-state index contributed by atoms with van der Waals surface area (Å²) >= 11 is 0. The number of hydrogen-bond donors (Lipinski definition) is 2. The smallest absolute Gasteiger partial charge is 0.243 e. The summed E-state index contributed by atoms with van der Waals surface area (Å²) < 4.78 is 27.2. The third-order valence-electron chi connectivity index (χ3n) is 4.78. The first kappa shape index (κ1) is 18.8. The van der Waals surface area contributed by atoms with E-state index in [4.69, 9.17) is 0 Å². The number of hydrogen-bond acceptors (Lipinski definition) is 5. The van der Waals surface area contributed by atoms with Gasteiger partial charge in [-0.05, 0) is 30.2 Å². The van der Waals surface area contributed by atoms with Crippen molar-refractivity contribution in [3.8, 4) is 0 Å². The van der Waals surface area contributed by atoms with E-state index in [0.717, 1.165) is 11.3 Å². The van der Waals surface area contributed by atoms with Gasteiger partial charge in [-0.1, -0.05) is 30.3 Å². The molecule has 0 bridgehead atoms. The molecule has 0 radical (unpaired) electrons. The zero-order valence-corrected chi connectivity index (χ0v) is 15.7. The predicted molar refractivity (Wildman–Crippen MR) is 101 cm³/mol. The fraction of sp³-hybridized carbons (Fsp3) is 0.368. The van der Waals surface area contributed by atoms with Gasteiger partial charge < -0.3 is 15.1 Å². The van der Waals surface area contributed by atoms with Crippen molar-refractivity contribution >= 4 is 15.7 Å². The number of aliphatic hydroxyl groups is 2. The van der Waals surface area contributed by atoms with Crippen LogP contribution in [0.2, 0.25) is 0 Å². The molecule has 0 saturated heterocycles. The highest BCUT2D eigenvalue weighted by Gasteiger charge is 2.43. The lowest BCUT2D eigenvalue weighted by molar-refractivity contribution is 0.0725. The molecule has 0 aromatic heterocycles. The minimum absolute atomic E-state index is 0.0474. The van der Waals surface area contributed by atoms with Crippen LogP contribution in [0.4, 0.5) is 5.69 Å². The molecule has 2 N–H and O–H groups in total. The van der Waals surface area contributed by atoms with Gasteiger partial charge in [0.1, 0.15) is 0 Å². The second-order valence-electron chi connectivity index (χ2n) is 6.65. The Morgan fingerprint density at radius 3 is 2.35 bits per heavy atom. The molecule has 140 valence electrons. The Morgan fingerprint density at radius 1 is 1.08 bits per heavy atom. The summed E-state index contributed by atoms with van der Waals surface area (Å²) in [5, 5.41) is 20.2. The van der Waals surface area contributed by atoms with Gasteiger partial charge in [-0.15, -0.1) is 0 Å². The van der Waals surface area contributed by atoms with Gasteiger partial charge in [0.25, 0.3) is 0 Å². The van der Waals surface area contributed by atoms with Gasteiger partial charge in [-0.2, -0.15) is 4.31 Å². The Balaban J connectivity index is 1.98. The van der Waals surface area contributed by atoms with Crippen LogP contribution in [0.3, 0.4) is 0 Å². The van der Waals surface area contributed by atoms with E-state index in [9.17, 15) is 18.6 Å². The summed E-state index contributed by atoms with van der Waals surface area (Å²) in [5.41, 5.74) is 2.39. The Labute approximate surface area is 154 Å². The minimum atomic E-state index is -3.76. The second kappa shape index (κ2) is 7.36. The SMILES string of the molecule is CN(C)c1ccc(C[C@@H]2[C@H](O)c3ccccc3S(=O)(=O)N2CCO)cc1. The van der Waals surface area contributed by atoms with Crippen molar-refractivity contribution in [1.29, 1.82) is 0 Å². The molecule has 2 atom stereocenters. The summed E-state index contributed by atoms with van der Waals surface area (Å²) in [6.07, 6.45) is -0.586. The molecular formula is C19H24N2O4S. The maximum atomic E-state index is 13.0. The zero-order chi connectivity index (χ0) is 18.9. The van der Waals surface area contributed by atoms with Crippen LogP contribution in [-0.2, 0) is 16.4 Å². The van der Waals surface area contributed by atoms with Crippen molar-refractivity contribution in [1.82, 2.24) is 4.31 Å². The Kier molecular flexibility index (Phi) is 5.34. The van der Waals surface area contributed by atoms with Gasteiger partial charge in [0.05, 0.1) is 23.6 Å². The molecule has 0 amide bonds. The first-order valence-corrected chi connectivity index (χ1v) is 9.96. The molecule has 0 saturated carbocycles. The van der Waals surface area contributed by atoms with Crippen molar-refractivity contribution in [3.63, 3.8) is 0 Å². The summed E-state index contributed by atoms with van der Waals surface area (Å²) in [6.45, 7) is -0.349. The monoisotopic (exact) mass is 376 g/mol. The van der Waals surface area contributed by atoms with Crippen molar-refractivity contribution in [2.24, 2.45) is 0 Å². The maximum Gasteiger partial charge on any atom is 0.243 e. The van der Waals surface area contributed by atoms with E-state index in [1.54, 1.807) is 18.2 Å². The van der Waals surface area contributed by atoms with Crippen LogP contribution < -0.4 is 4.90 Å². The quantitative estimate of drug-likeness (QED) is 0.824. The molecule has 0 unspecified atom stereocenters. The topological polar surface area (TPSA) is 81.1 Å². The van der Waals surface area contributed by atoms with Gasteiger partial charge in [0, 0.05) is 31.9 Å². The van der Waals surface area contributed by atoms with E-state index >= 15 is 0 Å². The molecule has 3 rings (SSSR count). The average Bonchev–Trinajstić information content (AvgIpc) is 2.63. The van der Waals surface area contributed by atoms with Crippen LogP contribution in [-0.4, -0.2) is 56.2 Å². The number of β-amino-alcohol motifs (C(OH)–C–C–N with tert-alkyl or cyclic N) is 1. The molecule has 7 heteroatoms. The number of nitrogens with zero attached hydrogens (tertiary/aromatic N) is 2.